The lowest BCUT2D eigenvalue weighted by molar-refractivity contribution is -0.113. The van der Waals surface area contributed by atoms with Crippen LogP contribution in [0, 0.1) is 0 Å². The van der Waals surface area contributed by atoms with Crippen molar-refractivity contribution < 1.29 is 14.7 Å². The minimum atomic E-state index is -1.07. The molecule has 2 heterocycles. The lowest BCUT2D eigenvalue weighted by atomic mass is 10.2. The van der Waals surface area contributed by atoms with E-state index in [0.717, 1.165) is 22.8 Å². The van der Waals surface area contributed by atoms with Crippen molar-refractivity contribution in [1.29, 1.82) is 0 Å². The molecular weight excluding hydrogens is 382 g/mol. The number of carbonyl (C=O) groups is 2. The summed E-state index contributed by atoms with van der Waals surface area (Å²) in [7, 11) is 0. The average Bonchev–Trinajstić information content (AvgIpc) is 2.95. The number of carbonyl (C=O) groups excluding carboxylic acids is 1. The molecule has 1 fully saturated rings. The van der Waals surface area contributed by atoms with Gasteiger partial charge in [0.1, 0.15) is 0 Å². The smallest absolute Gasteiger partial charge is 0.335 e. The number of para-hydroxylation sites is 2. The zero-order valence-electron chi connectivity index (χ0n) is 13.7. The van der Waals surface area contributed by atoms with Crippen LogP contribution in [0.25, 0.3) is 17.1 Å². The monoisotopic (exact) mass is 393 g/mol. The molecule has 0 saturated carbocycles. The van der Waals surface area contributed by atoms with E-state index in [2.05, 4.69) is 9.97 Å². The summed E-state index contributed by atoms with van der Waals surface area (Å²) in [6.07, 6.45) is 3.24. The molecule has 8 heteroatoms. The van der Waals surface area contributed by atoms with Gasteiger partial charge in [-0.15, -0.1) is 0 Å². The summed E-state index contributed by atoms with van der Waals surface area (Å²) >= 11 is 6.47. The minimum Gasteiger partial charge on any atom is -0.478 e. The second-order valence-electron chi connectivity index (χ2n) is 5.66. The molecule has 2 aromatic carbocycles. The van der Waals surface area contributed by atoms with Crippen molar-refractivity contribution in [2.24, 2.45) is 0 Å². The van der Waals surface area contributed by atoms with E-state index in [1.807, 2.05) is 24.3 Å². The number of aromatic nitrogens is 2. The third kappa shape index (κ3) is 3.32. The highest BCUT2D eigenvalue weighted by molar-refractivity contribution is 8.27. The normalized spacial score (nSPS) is 15.7. The number of hydrogen-bond acceptors (Lipinski definition) is 6. The Morgan fingerprint density at radius 2 is 1.93 bits per heavy atom. The van der Waals surface area contributed by atoms with Gasteiger partial charge in [0.25, 0.3) is 5.91 Å². The highest BCUT2D eigenvalue weighted by atomic mass is 32.2. The van der Waals surface area contributed by atoms with Crippen LogP contribution in [0.3, 0.4) is 0 Å². The minimum absolute atomic E-state index is 0.0888. The van der Waals surface area contributed by atoms with Gasteiger partial charge >= 0.3 is 5.97 Å². The molecule has 1 aliphatic rings. The molecule has 0 aliphatic carbocycles. The summed E-state index contributed by atoms with van der Waals surface area (Å²) in [6.45, 7) is 0. The van der Waals surface area contributed by atoms with Crippen LogP contribution in [0.2, 0.25) is 0 Å². The fraction of sp³-hybridized carbons (Fsp3) is 0. The third-order valence-corrected chi connectivity index (χ3v) is 5.19. The Kier molecular flexibility index (Phi) is 4.43. The van der Waals surface area contributed by atoms with Gasteiger partial charge in [-0.3, -0.25) is 14.7 Å². The molecular formula is C19H11N3O3S2. The fourth-order valence-corrected chi connectivity index (χ4v) is 3.93. The molecule has 1 amide bonds. The lowest BCUT2D eigenvalue weighted by Crippen LogP contribution is -2.27. The Bertz CT molecular complexity index is 1140. The number of amides is 1. The van der Waals surface area contributed by atoms with Gasteiger partial charge in [-0.25, -0.2) is 9.78 Å². The van der Waals surface area contributed by atoms with E-state index in [-0.39, 0.29) is 11.5 Å². The standard InChI is InChI=1S/C19H11N3O3S2/c23-17-16(9-12-10-20-14-6-1-2-7-15(14)21-12)27-19(26)22(17)13-5-3-4-11(8-13)18(24)25/h1-10H,(H,24,25). The fourth-order valence-electron chi connectivity index (χ4n) is 2.64. The first-order valence-corrected chi connectivity index (χ1v) is 9.08. The summed E-state index contributed by atoms with van der Waals surface area (Å²) in [5.41, 5.74) is 2.56. The van der Waals surface area contributed by atoms with Crippen molar-refractivity contribution >= 4 is 63.0 Å². The lowest BCUT2D eigenvalue weighted by Gasteiger charge is -2.14. The second kappa shape index (κ2) is 6.90. The van der Waals surface area contributed by atoms with Gasteiger partial charge in [0.2, 0.25) is 0 Å². The number of benzene rings is 2. The summed E-state index contributed by atoms with van der Waals surface area (Å²) in [4.78, 5) is 34.6. The molecule has 132 valence electrons. The van der Waals surface area contributed by atoms with E-state index in [4.69, 9.17) is 17.3 Å². The van der Waals surface area contributed by atoms with Gasteiger partial charge in [0.15, 0.2) is 4.32 Å². The van der Waals surface area contributed by atoms with Crippen LogP contribution >= 0.6 is 24.0 Å². The molecule has 1 saturated heterocycles. The predicted molar refractivity (Wildman–Crippen MR) is 109 cm³/mol. The second-order valence-corrected chi connectivity index (χ2v) is 7.33. The van der Waals surface area contributed by atoms with Crippen LogP contribution < -0.4 is 4.90 Å². The summed E-state index contributed by atoms with van der Waals surface area (Å²) < 4.78 is 0.336. The zero-order valence-corrected chi connectivity index (χ0v) is 15.3. The number of carboxylic acids is 1. The van der Waals surface area contributed by atoms with Gasteiger partial charge < -0.3 is 5.11 Å². The van der Waals surface area contributed by atoms with Gasteiger partial charge in [-0.2, -0.15) is 0 Å². The molecule has 4 rings (SSSR count). The van der Waals surface area contributed by atoms with Crippen LogP contribution in [0.1, 0.15) is 16.1 Å². The predicted octanol–water partition coefficient (Wildman–Crippen LogP) is 3.73. The number of hydrogen-bond donors (Lipinski definition) is 1. The van der Waals surface area contributed by atoms with Crippen molar-refractivity contribution in [3.05, 3.63) is 70.9 Å². The molecule has 1 N–H and O–H groups in total. The number of carboxylic acid groups (broad SMARTS) is 1. The highest BCUT2D eigenvalue weighted by Gasteiger charge is 2.33. The first-order chi connectivity index (χ1) is 13.0. The Labute approximate surface area is 163 Å². The van der Waals surface area contributed by atoms with Crippen LogP contribution in [0.15, 0.2) is 59.6 Å². The Morgan fingerprint density at radius 3 is 2.70 bits per heavy atom. The molecule has 0 unspecified atom stereocenters. The van der Waals surface area contributed by atoms with Crippen molar-refractivity contribution in [2.75, 3.05) is 4.90 Å². The number of nitrogens with zero attached hydrogens (tertiary/aromatic N) is 3. The molecule has 1 aliphatic heterocycles. The van der Waals surface area contributed by atoms with Gasteiger partial charge in [-0.1, -0.05) is 42.2 Å². The topological polar surface area (TPSA) is 83.4 Å². The molecule has 0 spiro atoms. The SMILES string of the molecule is O=C(O)c1cccc(N2C(=O)C(=Cc3cnc4ccccc4n3)SC2=S)c1. The van der Waals surface area contributed by atoms with Crippen molar-refractivity contribution in [1.82, 2.24) is 9.97 Å². The molecule has 6 nitrogen and oxygen atoms in total. The molecule has 0 bridgehead atoms. The molecule has 0 radical (unpaired) electrons. The average molecular weight is 393 g/mol. The number of thioether (sulfide) groups is 1. The number of thiocarbonyl (C=S) groups is 1. The van der Waals surface area contributed by atoms with Crippen LogP contribution in [0.4, 0.5) is 5.69 Å². The number of anilines is 1. The first kappa shape index (κ1) is 17.3. The summed E-state index contributed by atoms with van der Waals surface area (Å²) in [6, 6.07) is 13.6. The van der Waals surface area contributed by atoms with E-state index in [9.17, 15) is 9.59 Å². The molecule has 0 atom stereocenters. The Morgan fingerprint density at radius 1 is 1.15 bits per heavy atom. The van der Waals surface area contributed by atoms with E-state index in [1.165, 1.54) is 17.0 Å². The molecule has 1 aromatic heterocycles. The van der Waals surface area contributed by atoms with E-state index in [0.29, 0.717) is 20.6 Å². The first-order valence-electron chi connectivity index (χ1n) is 7.86. The maximum absolute atomic E-state index is 12.8. The largest absolute Gasteiger partial charge is 0.478 e. The van der Waals surface area contributed by atoms with E-state index < -0.39 is 5.97 Å². The highest BCUT2D eigenvalue weighted by Crippen LogP contribution is 2.36. The zero-order chi connectivity index (χ0) is 19.0. The van der Waals surface area contributed by atoms with Crippen LogP contribution in [0.5, 0.6) is 0 Å². The van der Waals surface area contributed by atoms with E-state index >= 15 is 0 Å². The Hall–Kier alpha value is -3.10. The van der Waals surface area contributed by atoms with Crippen LogP contribution in [-0.4, -0.2) is 31.3 Å². The molecule has 3 aromatic rings. The van der Waals surface area contributed by atoms with Gasteiger partial charge in [-0.05, 0) is 36.4 Å². The van der Waals surface area contributed by atoms with Crippen molar-refractivity contribution in [3.8, 4) is 0 Å². The quantitative estimate of drug-likeness (QED) is 0.536. The number of aromatic carboxylic acids is 1. The number of rotatable bonds is 3. The maximum atomic E-state index is 12.8. The molecule has 27 heavy (non-hydrogen) atoms. The van der Waals surface area contributed by atoms with Crippen molar-refractivity contribution in [3.63, 3.8) is 0 Å². The number of fused-ring (bicyclic) bond motifs is 1. The van der Waals surface area contributed by atoms with Gasteiger partial charge in [0.05, 0.1) is 39.1 Å². The summed E-state index contributed by atoms with van der Waals surface area (Å²) in [5, 5.41) is 9.15. The Balaban J connectivity index is 1.68. The van der Waals surface area contributed by atoms with E-state index in [1.54, 1.807) is 24.4 Å². The third-order valence-electron chi connectivity index (χ3n) is 3.89. The summed E-state index contributed by atoms with van der Waals surface area (Å²) in [5.74, 6) is -1.38. The van der Waals surface area contributed by atoms with Crippen LogP contribution in [-0.2, 0) is 4.79 Å². The van der Waals surface area contributed by atoms with Gasteiger partial charge in [0, 0.05) is 0 Å². The maximum Gasteiger partial charge on any atom is 0.335 e. The van der Waals surface area contributed by atoms with Crippen molar-refractivity contribution in [2.45, 2.75) is 0 Å².